The van der Waals surface area contributed by atoms with Gasteiger partial charge >= 0.3 is 0 Å². The lowest BCUT2D eigenvalue weighted by Gasteiger charge is -2.33. The van der Waals surface area contributed by atoms with Crippen LogP contribution in [0.4, 0.5) is 0 Å². The monoisotopic (exact) mass is 454 g/mol. The van der Waals surface area contributed by atoms with Gasteiger partial charge in [0.2, 0.25) is 0 Å². The Morgan fingerprint density at radius 3 is 2.03 bits per heavy atom. The molecule has 154 valence electrons. The minimum Gasteiger partial charge on any atom is -0.299 e. The maximum absolute atomic E-state index is 12.9. The molecule has 0 saturated heterocycles. The molecule has 2 nitrogen and oxygen atoms in total. The molecule has 1 unspecified atom stereocenters. The average Bonchev–Trinajstić information content (AvgIpc) is 2.98. The number of fused-ring (bicyclic) bond motifs is 3. The second kappa shape index (κ2) is 8.95. The van der Waals surface area contributed by atoms with Crippen LogP contribution in [0.2, 0.25) is 0 Å². The minimum absolute atomic E-state index is 0.0593. The molecule has 1 aliphatic carbocycles. The van der Waals surface area contributed by atoms with Crippen molar-refractivity contribution in [2.45, 2.75) is 71.6 Å². The van der Waals surface area contributed by atoms with Crippen molar-refractivity contribution in [3.05, 3.63) is 57.6 Å². The smallest absolute Gasteiger partial charge is 0.173 e. The standard InChI is InChI=1S/C26H31BrO2/c1-5-7-13-26(14-8-6-2)23-15-19(25(29)17(3)18(4)28)9-11-21(23)22-12-10-20(27)16-24(22)26/h9-12,15-17H,5-8,13-14H2,1-4H3. The van der Waals surface area contributed by atoms with Gasteiger partial charge in [0.15, 0.2) is 5.78 Å². The molecule has 3 heteroatoms. The van der Waals surface area contributed by atoms with Gasteiger partial charge in [0.05, 0.1) is 5.92 Å². The fraction of sp³-hybridized carbons (Fsp3) is 0.462. The summed E-state index contributed by atoms with van der Waals surface area (Å²) in [7, 11) is 0. The van der Waals surface area contributed by atoms with Gasteiger partial charge in [0.25, 0.3) is 0 Å². The second-order valence-electron chi connectivity index (χ2n) is 8.44. The van der Waals surface area contributed by atoms with Crippen LogP contribution in [-0.4, -0.2) is 11.6 Å². The van der Waals surface area contributed by atoms with Crippen molar-refractivity contribution in [3.63, 3.8) is 0 Å². The summed E-state index contributed by atoms with van der Waals surface area (Å²) in [4.78, 5) is 24.7. The van der Waals surface area contributed by atoms with E-state index in [0.717, 1.165) is 43.0 Å². The maximum Gasteiger partial charge on any atom is 0.173 e. The van der Waals surface area contributed by atoms with Crippen LogP contribution in [-0.2, 0) is 10.2 Å². The molecule has 0 aliphatic heterocycles. The Morgan fingerprint density at radius 1 is 0.931 bits per heavy atom. The molecule has 0 saturated carbocycles. The zero-order valence-electron chi connectivity index (χ0n) is 18.0. The molecule has 2 aromatic carbocycles. The van der Waals surface area contributed by atoms with Crippen molar-refractivity contribution in [2.75, 3.05) is 0 Å². The summed E-state index contributed by atoms with van der Waals surface area (Å²) in [5.74, 6) is -0.741. The summed E-state index contributed by atoms with van der Waals surface area (Å²) in [6.45, 7) is 7.68. The van der Waals surface area contributed by atoms with Gasteiger partial charge in [-0.2, -0.15) is 0 Å². The van der Waals surface area contributed by atoms with Crippen LogP contribution in [0.5, 0.6) is 0 Å². The fourth-order valence-corrected chi connectivity index (χ4v) is 5.04. The third-order valence-corrected chi connectivity index (χ3v) is 7.02. The van der Waals surface area contributed by atoms with E-state index in [2.05, 4.69) is 60.1 Å². The number of hydrogen-bond acceptors (Lipinski definition) is 2. The molecule has 29 heavy (non-hydrogen) atoms. The van der Waals surface area contributed by atoms with E-state index in [1.807, 2.05) is 6.07 Å². The minimum atomic E-state index is -0.591. The van der Waals surface area contributed by atoms with Crippen LogP contribution in [0.1, 0.15) is 87.7 Å². The normalized spacial score (nSPS) is 14.9. The predicted molar refractivity (Wildman–Crippen MR) is 124 cm³/mol. The summed E-state index contributed by atoms with van der Waals surface area (Å²) in [5, 5.41) is 0. The zero-order chi connectivity index (χ0) is 21.2. The van der Waals surface area contributed by atoms with Crippen molar-refractivity contribution < 1.29 is 9.59 Å². The van der Waals surface area contributed by atoms with Crippen LogP contribution in [0.3, 0.4) is 0 Å². The molecule has 0 spiro atoms. The van der Waals surface area contributed by atoms with E-state index < -0.39 is 5.92 Å². The number of unbranched alkanes of at least 4 members (excludes halogenated alkanes) is 2. The molecule has 0 heterocycles. The highest BCUT2D eigenvalue weighted by molar-refractivity contribution is 9.10. The number of ketones is 2. The van der Waals surface area contributed by atoms with Crippen LogP contribution >= 0.6 is 15.9 Å². The summed E-state index contributed by atoms with van der Waals surface area (Å²) in [6, 6.07) is 12.7. The molecular weight excluding hydrogens is 424 g/mol. The van der Waals surface area contributed by atoms with Gasteiger partial charge in [-0.3, -0.25) is 9.59 Å². The first-order valence-corrected chi connectivity index (χ1v) is 11.6. The molecule has 0 aromatic heterocycles. The van der Waals surface area contributed by atoms with E-state index in [0.29, 0.717) is 5.56 Å². The Balaban J connectivity index is 2.20. The van der Waals surface area contributed by atoms with Crippen LogP contribution < -0.4 is 0 Å². The number of rotatable bonds is 9. The molecule has 1 aliphatic rings. The van der Waals surface area contributed by atoms with Gasteiger partial charge in [0, 0.05) is 15.5 Å². The van der Waals surface area contributed by atoms with Crippen molar-refractivity contribution in [2.24, 2.45) is 5.92 Å². The third-order valence-electron chi connectivity index (χ3n) is 6.52. The van der Waals surface area contributed by atoms with Crippen LogP contribution in [0.15, 0.2) is 40.9 Å². The highest BCUT2D eigenvalue weighted by Crippen LogP contribution is 2.54. The zero-order valence-corrected chi connectivity index (χ0v) is 19.6. The summed E-state index contributed by atoms with van der Waals surface area (Å²) in [5.41, 5.74) is 5.79. The highest BCUT2D eigenvalue weighted by Gasteiger charge is 2.42. The lowest BCUT2D eigenvalue weighted by molar-refractivity contribution is -0.118. The van der Waals surface area contributed by atoms with Gasteiger partial charge in [-0.25, -0.2) is 0 Å². The molecule has 0 N–H and O–H groups in total. The topological polar surface area (TPSA) is 34.1 Å². The summed E-state index contributed by atoms with van der Waals surface area (Å²) in [6.07, 6.45) is 6.76. The number of carbonyl (C=O) groups is 2. The molecule has 1 atom stereocenters. The predicted octanol–water partition coefficient (Wildman–Crippen LogP) is 7.50. The van der Waals surface area contributed by atoms with E-state index >= 15 is 0 Å². The van der Waals surface area contributed by atoms with E-state index in [1.165, 1.54) is 29.2 Å². The fourth-order valence-electron chi connectivity index (χ4n) is 4.68. The highest BCUT2D eigenvalue weighted by atomic mass is 79.9. The molecule has 3 rings (SSSR count). The molecule has 2 aromatic rings. The molecular formula is C26H31BrO2. The first kappa shape index (κ1) is 22.0. The second-order valence-corrected chi connectivity index (χ2v) is 9.35. The molecule has 0 amide bonds. The first-order chi connectivity index (χ1) is 13.9. The summed E-state index contributed by atoms with van der Waals surface area (Å²) >= 11 is 3.68. The Hall–Kier alpha value is -1.74. The van der Waals surface area contributed by atoms with Gasteiger partial charge in [-0.05, 0) is 67.1 Å². The quantitative estimate of drug-likeness (QED) is 0.290. The first-order valence-electron chi connectivity index (χ1n) is 10.8. The Kier molecular flexibility index (Phi) is 6.78. The molecule has 0 bridgehead atoms. The number of halogens is 1. The van der Waals surface area contributed by atoms with Gasteiger partial charge in [-0.1, -0.05) is 73.7 Å². The Labute approximate surface area is 183 Å². The number of benzene rings is 2. The third kappa shape index (κ3) is 3.99. The van der Waals surface area contributed by atoms with Gasteiger partial charge in [-0.15, -0.1) is 0 Å². The van der Waals surface area contributed by atoms with Crippen molar-refractivity contribution in [1.29, 1.82) is 0 Å². The number of carbonyl (C=O) groups excluding carboxylic acids is 2. The maximum atomic E-state index is 12.9. The molecule has 0 radical (unpaired) electrons. The van der Waals surface area contributed by atoms with E-state index in [1.54, 1.807) is 6.92 Å². The lowest BCUT2D eigenvalue weighted by Crippen LogP contribution is -2.26. The van der Waals surface area contributed by atoms with Gasteiger partial charge < -0.3 is 0 Å². The average molecular weight is 455 g/mol. The Morgan fingerprint density at radius 2 is 1.48 bits per heavy atom. The molecule has 0 fully saturated rings. The SMILES string of the molecule is CCCCC1(CCCC)c2cc(Br)ccc2-c2ccc(C(=O)C(C)C(C)=O)cc21. The largest absolute Gasteiger partial charge is 0.299 e. The Bertz CT molecular complexity index is 920. The van der Waals surface area contributed by atoms with Crippen molar-refractivity contribution in [1.82, 2.24) is 0 Å². The van der Waals surface area contributed by atoms with Crippen molar-refractivity contribution in [3.8, 4) is 11.1 Å². The van der Waals surface area contributed by atoms with Crippen molar-refractivity contribution >= 4 is 27.5 Å². The number of Topliss-reactive ketones (excluding diaryl/α,β-unsaturated/α-hetero) is 2. The van der Waals surface area contributed by atoms with E-state index in [-0.39, 0.29) is 17.0 Å². The number of hydrogen-bond donors (Lipinski definition) is 0. The summed E-state index contributed by atoms with van der Waals surface area (Å²) < 4.78 is 1.10. The lowest BCUT2D eigenvalue weighted by atomic mass is 9.70. The van der Waals surface area contributed by atoms with E-state index in [4.69, 9.17) is 0 Å². The van der Waals surface area contributed by atoms with Gasteiger partial charge in [0.1, 0.15) is 5.78 Å². The van der Waals surface area contributed by atoms with E-state index in [9.17, 15) is 9.59 Å². The van der Waals surface area contributed by atoms with Crippen LogP contribution in [0, 0.1) is 5.92 Å². The van der Waals surface area contributed by atoms with Crippen LogP contribution in [0.25, 0.3) is 11.1 Å².